The number of carbonyl (C=O) groups excluding carboxylic acids is 2. The molecule has 0 heterocycles. The van der Waals surface area contributed by atoms with Crippen LogP contribution in [0.5, 0.6) is 5.75 Å². The van der Waals surface area contributed by atoms with Crippen molar-refractivity contribution < 1.29 is 22.7 Å². The summed E-state index contributed by atoms with van der Waals surface area (Å²) in [5.74, 6) is -0.243. The van der Waals surface area contributed by atoms with E-state index in [4.69, 9.17) is 27.9 Å². The van der Waals surface area contributed by atoms with E-state index in [-0.39, 0.29) is 24.1 Å². The van der Waals surface area contributed by atoms with Gasteiger partial charge in [-0.15, -0.1) is 0 Å². The summed E-state index contributed by atoms with van der Waals surface area (Å²) >= 11 is 12.2. The molecule has 2 rings (SSSR count). The normalized spacial score (nSPS) is 12.2. The number of halogens is 2. The smallest absolute Gasteiger partial charge is 0.244 e. The molecule has 0 unspecified atom stereocenters. The average Bonchev–Trinajstić information content (AvgIpc) is 2.80. The number of rotatable bonds is 11. The zero-order valence-corrected chi connectivity index (χ0v) is 22.7. The third kappa shape index (κ3) is 8.30. The molecule has 0 radical (unpaired) electrons. The van der Waals surface area contributed by atoms with Crippen molar-refractivity contribution in [3.8, 4) is 5.75 Å². The summed E-state index contributed by atoms with van der Waals surface area (Å²) in [6.07, 6.45) is 1.02. The van der Waals surface area contributed by atoms with E-state index < -0.39 is 28.5 Å². The van der Waals surface area contributed by atoms with Crippen LogP contribution in [0.1, 0.15) is 26.3 Å². The minimum absolute atomic E-state index is 0.0295. The van der Waals surface area contributed by atoms with Gasteiger partial charge in [-0.25, -0.2) is 8.42 Å². The molecule has 0 saturated heterocycles. The fourth-order valence-electron chi connectivity index (χ4n) is 3.25. The third-order valence-corrected chi connectivity index (χ3v) is 7.09. The van der Waals surface area contributed by atoms with Gasteiger partial charge in [0.25, 0.3) is 0 Å². The largest absolute Gasteiger partial charge is 0.497 e. The van der Waals surface area contributed by atoms with Gasteiger partial charge in [-0.1, -0.05) is 49.2 Å². The van der Waals surface area contributed by atoms with E-state index in [2.05, 4.69) is 5.32 Å². The Kier molecular flexibility index (Phi) is 10.2. The van der Waals surface area contributed by atoms with Crippen molar-refractivity contribution in [1.82, 2.24) is 10.2 Å². The molecule has 2 aromatic carbocycles. The van der Waals surface area contributed by atoms with Crippen LogP contribution in [0, 0.1) is 5.92 Å². The van der Waals surface area contributed by atoms with E-state index in [1.54, 1.807) is 43.3 Å². The Hall–Kier alpha value is -2.49. The Balaban J connectivity index is 2.40. The molecule has 0 bridgehead atoms. The van der Waals surface area contributed by atoms with Crippen LogP contribution in [0.15, 0.2) is 42.5 Å². The highest BCUT2D eigenvalue weighted by atomic mass is 35.5. The zero-order chi connectivity index (χ0) is 26.3. The lowest BCUT2D eigenvalue weighted by Crippen LogP contribution is -2.51. The number of benzene rings is 2. The van der Waals surface area contributed by atoms with Crippen LogP contribution in [-0.4, -0.2) is 57.6 Å². The maximum absolute atomic E-state index is 13.5. The van der Waals surface area contributed by atoms with Gasteiger partial charge in [0.15, 0.2) is 0 Å². The molecule has 0 fully saturated rings. The van der Waals surface area contributed by atoms with Gasteiger partial charge in [0.05, 0.1) is 29.1 Å². The van der Waals surface area contributed by atoms with Crippen LogP contribution in [-0.2, 0) is 26.2 Å². The SMILES string of the molecule is COc1cccc(N(CC(=O)N(Cc2ccc(Cl)c(Cl)c2)[C@H](C)C(=O)NCC(C)C)S(C)(=O)=O)c1. The van der Waals surface area contributed by atoms with Crippen LogP contribution in [0.25, 0.3) is 0 Å². The molecule has 192 valence electrons. The van der Waals surface area contributed by atoms with Gasteiger partial charge in [-0.3, -0.25) is 13.9 Å². The van der Waals surface area contributed by atoms with E-state index in [0.29, 0.717) is 27.9 Å². The molecule has 35 heavy (non-hydrogen) atoms. The summed E-state index contributed by atoms with van der Waals surface area (Å²) in [5, 5.41) is 3.49. The maximum Gasteiger partial charge on any atom is 0.244 e. The predicted octanol–water partition coefficient (Wildman–Crippen LogP) is 3.96. The molecule has 0 aromatic heterocycles. The van der Waals surface area contributed by atoms with Gasteiger partial charge in [0, 0.05) is 19.2 Å². The highest BCUT2D eigenvalue weighted by Crippen LogP contribution is 2.25. The third-order valence-electron chi connectivity index (χ3n) is 5.21. The molecule has 0 aliphatic carbocycles. The van der Waals surface area contributed by atoms with Crippen molar-refractivity contribution >= 4 is 50.7 Å². The van der Waals surface area contributed by atoms with Gasteiger partial charge in [0.1, 0.15) is 18.3 Å². The van der Waals surface area contributed by atoms with Crippen molar-refractivity contribution in [1.29, 1.82) is 0 Å². The predicted molar refractivity (Wildman–Crippen MR) is 140 cm³/mol. The summed E-state index contributed by atoms with van der Waals surface area (Å²) in [6, 6.07) is 10.4. The van der Waals surface area contributed by atoms with Crippen molar-refractivity contribution in [3.05, 3.63) is 58.1 Å². The van der Waals surface area contributed by atoms with E-state index in [9.17, 15) is 18.0 Å². The first-order chi connectivity index (χ1) is 16.3. The molecule has 8 nitrogen and oxygen atoms in total. The van der Waals surface area contributed by atoms with Gasteiger partial charge in [-0.05, 0) is 42.7 Å². The number of hydrogen-bond acceptors (Lipinski definition) is 5. The quantitative estimate of drug-likeness (QED) is 0.462. The molecule has 2 aromatic rings. The monoisotopic (exact) mass is 543 g/mol. The van der Waals surface area contributed by atoms with Gasteiger partial charge in [-0.2, -0.15) is 0 Å². The summed E-state index contributed by atoms with van der Waals surface area (Å²) in [7, 11) is -2.37. The second-order valence-corrected chi connectivity index (χ2v) is 11.3. The number of sulfonamides is 1. The number of nitrogens with one attached hydrogen (secondary N) is 1. The Labute approximate surface area is 217 Å². The van der Waals surface area contributed by atoms with Gasteiger partial charge in [0.2, 0.25) is 21.8 Å². The summed E-state index contributed by atoms with van der Waals surface area (Å²) in [6.45, 7) is 5.49. The minimum Gasteiger partial charge on any atom is -0.497 e. The first-order valence-corrected chi connectivity index (χ1v) is 13.6. The average molecular weight is 545 g/mol. The van der Waals surface area contributed by atoms with Crippen LogP contribution >= 0.6 is 23.2 Å². The number of hydrogen-bond donors (Lipinski definition) is 1. The van der Waals surface area contributed by atoms with E-state index in [1.807, 2.05) is 13.8 Å². The number of ether oxygens (including phenoxy) is 1. The van der Waals surface area contributed by atoms with Crippen LogP contribution < -0.4 is 14.4 Å². The molecular formula is C24H31Cl2N3O5S. The molecule has 0 spiro atoms. The minimum atomic E-state index is -3.83. The molecule has 1 atom stereocenters. The van der Waals surface area contributed by atoms with E-state index in [1.165, 1.54) is 18.1 Å². The molecule has 0 aliphatic rings. The fourth-order valence-corrected chi connectivity index (χ4v) is 4.41. The Morgan fingerprint density at radius 3 is 2.31 bits per heavy atom. The summed E-state index contributed by atoms with van der Waals surface area (Å²) in [5.41, 5.74) is 0.912. The summed E-state index contributed by atoms with van der Waals surface area (Å²) < 4.78 is 31.4. The highest BCUT2D eigenvalue weighted by molar-refractivity contribution is 7.92. The van der Waals surface area contributed by atoms with Gasteiger partial charge < -0.3 is 15.0 Å². The molecule has 0 saturated carbocycles. The fraction of sp³-hybridized carbons (Fsp3) is 0.417. The zero-order valence-electron chi connectivity index (χ0n) is 20.4. The number of anilines is 1. The van der Waals surface area contributed by atoms with Crippen molar-refractivity contribution in [2.24, 2.45) is 5.92 Å². The number of methoxy groups -OCH3 is 1. The van der Waals surface area contributed by atoms with Crippen LogP contribution in [0.4, 0.5) is 5.69 Å². The van der Waals surface area contributed by atoms with Crippen molar-refractivity contribution in [2.45, 2.75) is 33.4 Å². The Morgan fingerprint density at radius 2 is 1.74 bits per heavy atom. The number of nitrogens with zero attached hydrogens (tertiary/aromatic N) is 2. The van der Waals surface area contributed by atoms with Crippen LogP contribution in [0.3, 0.4) is 0 Å². The van der Waals surface area contributed by atoms with E-state index >= 15 is 0 Å². The topological polar surface area (TPSA) is 96.0 Å². The highest BCUT2D eigenvalue weighted by Gasteiger charge is 2.30. The first-order valence-electron chi connectivity index (χ1n) is 11.0. The van der Waals surface area contributed by atoms with Crippen LogP contribution in [0.2, 0.25) is 10.0 Å². The lowest BCUT2D eigenvalue weighted by Gasteiger charge is -2.31. The standard InChI is InChI=1S/C24H31Cl2N3O5S/c1-16(2)13-27-24(31)17(3)28(14-18-9-10-21(25)22(26)11-18)23(30)15-29(35(5,32)33)19-7-6-8-20(12-19)34-4/h6-12,16-17H,13-15H2,1-5H3,(H,27,31)/t17-/m1/s1. The Bertz CT molecular complexity index is 1160. The molecule has 0 aliphatic heterocycles. The van der Waals surface area contributed by atoms with E-state index in [0.717, 1.165) is 10.6 Å². The molecule has 2 amide bonds. The maximum atomic E-state index is 13.5. The molecule has 11 heteroatoms. The first kappa shape index (κ1) is 28.7. The second kappa shape index (κ2) is 12.5. The summed E-state index contributed by atoms with van der Waals surface area (Å²) in [4.78, 5) is 27.7. The van der Waals surface area contributed by atoms with Crippen molar-refractivity contribution in [3.63, 3.8) is 0 Å². The number of carbonyl (C=O) groups is 2. The molecule has 1 N–H and O–H groups in total. The lowest BCUT2D eigenvalue weighted by atomic mass is 10.1. The van der Waals surface area contributed by atoms with Crippen molar-refractivity contribution in [2.75, 3.05) is 30.8 Å². The second-order valence-electron chi connectivity index (χ2n) is 8.56. The number of amides is 2. The molecular weight excluding hydrogens is 513 g/mol. The lowest BCUT2D eigenvalue weighted by molar-refractivity contribution is -0.139. The Morgan fingerprint density at radius 1 is 1.06 bits per heavy atom. The van der Waals surface area contributed by atoms with Gasteiger partial charge >= 0.3 is 0 Å².